The molecular formula is C23H23N5O2S. The van der Waals surface area contributed by atoms with Crippen LogP contribution in [0.25, 0.3) is 10.7 Å². The number of rotatable bonds is 5. The lowest BCUT2D eigenvalue weighted by molar-refractivity contribution is 0.0689. The minimum Gasteiger partial charge on any atom is -0.339 e. The van der Waals surface area contributed by atoms with E-state index in [1.807, 2.05) is 75.8 Å². The standard InChI is InChI=1S/C23H23N5O2S/c29-22(18-5-7-19(8-6-18)26-11-1-2-12-26)27-13-9-17(10-14-27)16-20-24-25-23(30)28(20)21-4-3-15-31-21/h1-8,11-12,15,17H,9-10,13-14,16H2,(H,25,30). The molecule has 1 saturated heterocycles. The highest BCUT2D eigenvalue weighted by Crippen LogP contribution is 2.24. The first kappa shape index (κ1) is 19.6. The number of hydrogen-bond donors (Lipinski definition) is 1. The van der Waals surface area contributed by atoms with Crippen LogP contribution in [0.4, 0.5) is 0 Å². The normalized spacial score (nSPS) is 14.8. The first-order chi connectivity index (χ1) is 15.2. The van der Waals surface area contributed by atoms with Crippen LogP contribution in [0.3, 0.4) is 0 Å². The number of benzene rings is 1. The number of aromatic nitrogens is 4. The Bertz CT molecular complexity index is 1200. The molecule has 8 heteroatoms. The van der Waals surface area contributed by atoms with E-state index in [2.05, 4.69) is 10.2 Å². The molecule has 5 rings (SSSR count). The van der Waals surface area contributed by atoms with Crippen LogP contribution in [0.1, 0.15) is 29.0 Å². The Hall–Kier alpha value is -3.39. The molecule has 1 amide bonds. The first-order valence-electron chi connectivity index (χ1n) is 10.4. The molecule has 0 spiro atoms. The second-order valence-corrected chi connectivity index (χ2v) is 8.73. The van der Waals surface area contributed by atoms with Gasteiger partial charge in [-0.15, -0.1) is 11.3 Å². The second-order valence-electron chi connectivity index (χ2n) is 7.81. The van der Waals surface area contributed by atoms with Crippen molar-refractivity contribution >= 4 is 17.2 Å². The van der Waals surface area contributed by atoms with E-state index in [-0.39, 0.29) is 11.6 Å². The van der Waals surface area contributed by atoms with E-state index in [0.29, 0.717) is 11.5 Å². The van der Waals surface area contributed by atoms with Gasteiger partial charge in [0.15, 0.2) is 0 Å². The van der Waals surface area contributed by atoms with Gasteiger partial charge in [-0.25, -0.2) is 14.5 Å². The van der Waals surface area contributed by atoms with Gasteiger partial charge in [-0.2, -0.15) is 5.10 Å². The van der Waals surface area contributed by atoms with Crippen LogP contribution in [-0.4, -0.2) is 43.2 Å². The topological polar surface area (TPSA) is 75.9 Å². The molecule has 0 saturated carbocycles. The zero-order valence-corrected chi connectivity index (χ0v) is 17.8. The highest BCUT2D eigenvalue weighted by Gasteiger charge is 2.25. The third kappa shape index (κ3) is 3.98. The van der Waals surface area contributed by atoms with E-state index >= 15 is 0 Å². The maximum Gasteiger partial charge on any atom is 0.348 e. The average molecular weight is 434 g/mol. The fraction of sp³-hybridized carbons (Fsp3) is 0.261. The van der Waals surface area contributed by atoms with Gasteiger partial charge in [-0.1, -0.05) is 0 Å². The predicted molar refractivity (Wildman–Crippen MR) is 120 cm³/mol. The number of likely N-dealkylation sites (tertiary alicyclic amines) is 1. The van der Waals surface area contributed by atoms with E-state index in [1.165, 1.54) is 11.3 Å². The molecule has 0 radical (unpaired) electrons. The molecule has 0 bridgehead atoms. The molecule has 4 heterocycles. The monoisotopic (exact) mass is 433 g/mol. The lowest BCUT2D eigenvalue weighted by Gasteiger charge is -2.32. The molecule has 0 unspecified atom stereocenters. The lowest BCUT2D eigenvalue weighted by atomic mass is 9.93. The fourth-order valence-electron chi connectivity index (χ4n) is 4.15. The van der Waals surface area contributed by atoms with Gasteiger partial charge in [0.2, 0.25) is 0 Å². The van der Waals surface area contributed by atoms with Gasteiger partial charge in [-0.3, -0.25) is 4.79 Å². The van der Waals surface area contributed by atoms with Crippen molar-refractivity contribution in [2.45, 2.75) is 19.3 Å². The highest BCUT2D eigenvalue weighted by molar-refractivity contribution is 7.12. The van der Waals surface area contributed by atoms with Crippen molar-refractivity contribution in [3.8, 4) is 10.7 Å². The SMILES string of the molecule is O=C(c1ccc(-n2cccc2)cc1)N1CCC(Cc2n[nH]c(=O)n2-c2cccs2)CC1. The summed E-state index contributed by atoms with van der Waals surface area (Å²) in [6, 6.07) is 15.5. The molecule has 1 aromatic carbocycles. The summed E-state index contributed by atoms with van der Waals surface area (Å²) in [4.78, 5) is 27.0. The molecule has 4 aromatic rings. The molecule has 0 aliphatic carbocycles. The summed E-state index contributed by atoms with van der Waals surface area (Å²) in [6.45, 7) is 1.44. The highest BCUT2D eigenvalue weighted by atomic mass is 32.1. The van der Waals surface area contributed by atoms with Gasteiger partial charge in [0.05, 0.1) is 0 Å². The van der Waals surface area contributed by atoms with Crippen molar-refractivity contribution in [1.82, 2.24) is 24.2 Å². The van der Waals surface area contributed by atoms with Crippen molar-refractivity contribution in [1.29, 1.82) is 0 Å². The fourth-order valence-corrected chi connectivity index (χ4v) is 4.90. The van der Waals surface area contributed by atoms with Crippen molar-refractivity contribution < 1.29 is 4.79 Å². The smallest absolute Gasteiger partial charge is 0.339 e. The van der Waals surface area contributed by atoms with Gasteiger partial charge in [-0.05, 0) is 72.7 Å². The second kappa shape index (κ2) is 8.39. The zero-order chi connectivity index (χ0) is 21.2. The van der Waals surface area contributed by atoms with Crippen LogP contribution in [0, 0.1) is 5.92 Å². The number of nitrogens with one attached hydrogen (secondary N) is 1. The Kier molecular flexibility index (Phi) is 5.30. The summed E-state index contributed by atoms with van der Waals surface area (Å²) in [7, 11) is 0. The molecule has 1 aliphatic heterocycles. The summed E-state index contributed by atoms with van der Waals surface area (Å²) in [5, 5.41) is 9.65. The van der Waals surface area contributed by atoms with Crippen molar-refractivity contribution in [3.05, 3.63) is 88.2 Å². The molecule has 1 aliphatic rings. The average Bonchev–Trinajstić information content (AvgIpc) is 3.57. The molecule has 1 N–H and O–H groups in total. The van der Waals surface area contributed by atoms with E-state index in [9.17, 15) is 9.59 Å². The third-order valence-electron chi connectivity index (χ3n) is 5.86. The summed E-state index contributed by atoms with van der Waals surface area (Å²) in [5.74, 6) is 1.24. The Balaban J connectivity index is 1.21. The molecule has 0 atom stereocenters. The van der Waals surface area contributed by atoms with Gasteiger partial charge in [0, 0.05) is 43.2 Å². The molecule has 158 valence electrons. The summed E-state index contributed by atoms with van der Waals surface area (Å²) >= 11 is 1.52. The Morgan fingerprint density at radius 2 is 1.81 bits per heavy atom. The van der Waals surface area contributed by atoms with Gasteiger partial charge in [0.25, 0.3) is 5.91 Å². The van der Waals surface area contributed by atoms with Crippen LogP contribution in [0.5, 0.6) is 0 Å². The lowest BCUT2D eigenvalue weighted by Crippen LogP contribution is -2.39. The minimum absolute atomic E-state index is 0.0766. The number of H-pyrrole nitrogens is 1. The maximum absolute atomic E-state index is 12.9. The van der Waals surface area contributed by atoms with Crippen molar-refractivity contribution in [2.24, 2.45) is 5.92 Å². The van der Waals surface area contributed by atoms with Crippen LogP contribution < -0.4 is 5.69 Å². The number of nitrogens with zero attached hydrogens (tertiary/aromatic N) is 4. The molecule has 3 aromatic heterocycles. The maximum atomic E-state index is 12.9. The van der Waals surface area contributed by atoms with Crippen LogP contribution >= 0.6 is 11.3 Å². The largest absolute Gasteiger partial charge is 0.348 e. The molecular weight excluding hydrogens is 410 g/mol. The predicted octanol–water partition coefficient (Wildman–Crippen LogP) is 3.51. The van der Waals surface area contributed by atoms with E-state index in [0.717, 1.165) is 48.9 Å². The third-order valence-corrected chi connectivity index (χ3v) is 6.71. The van der Waals surface area contributed by atoms with Crippen LogP contribution in [0.2, 0.25) is 0 Å². The molecule has 31 heavy (non-hydrogen) atoms. The first-order valence-corrected chi connectivity index (χ1v) is 11.3. The Labute approximate surface area is 183 Å². The van der Waals surface area contributed by atoms with Crippen LogP contribution in [0.15, 0.2) is 71.1 Å². The number of amides is 1. The number of carbonyl (C=O) groups is 1. The van der Waals surface area contributed by atoms with Gasteiger partial charge in [0.1, 0.15) is 10.8 Å². The molecule has 1 fully saturated rings. The summed E-state index contributed by atoms with van der Waals surface area (Å²) in [6.07, 6.45) is 6.50. The summed E-state index contributed by atoms with van der Waals surface area (Å²) in [5.41, 5.74) is 1.55. The number of carbonyl (C=O) groups excluding carboxylic acids is 1. The Morgan fingerprint density at radius 1 is 1.06 bits per heavy atom. The number of aromatic amines is 1. The van der Waals surface area contributed by atoms with Crippen molar-refractivity contribution in [2.75, 3.05) is 13.1 Å². The summed E-state index contributed by atoms with van der Waals surface area (Å²) < 4.78 is 3.68. The quantitative estimate of drug-likeness (QED) is 0.523. The number of hydrogen-bond acceptors (Lipinski definition) is 4. The van der Waals surface area contributed by atoms with E-state index in [1.54, 1.807) is 4.57 Å². The minimum atomic E-state index is -0.201. The van der Waals surface area contributed by atoms with Crippen molar-refractivity contribution in [3.63, 3.8) is 0 Å². The van der Waals surface area contributed by atoms with Gasteiger partial charge >= 0.3 is 5.69 Å². The number of piperidine rings is 1. The van der Waals surface area contributed by atoms with E-state index < -0.39 is 0 Å². The van der Waals surface area contributed by atoms with Gasteiger partial charge < -0.3 is 9.47 Å². The Morgan fingerprint density at radius 3 is 2.48 bits per heavy atom. The van der Waals surface area contributed by atoms with E-state index in [4.69, 9.17) is 0 Å². The zero-order valence-electron chi connectivity index (χ0n) is 17.0. The number of thiophene rings is 1. The molecule has 7 nitrogen and oxygen atoms in total. The van der Waals surface area contributed by atoms with Crippen LogP contribution in [-0.2, 0) is 6.42 Å².